The quantitative estimate of drug-likeness (QED) is 0.801. The van der Waals surface area contributed by atoms with Gasteiger partial charge in [0, 0.05) is 30.7 Å². The molecule has 1 aliphatic heterocycles. The molecule has 0 aliphatic carbocycles. The first kappa shape index (κ1) is 18.3. The highest BCUT2D eigenvalue weighted by Gasteiger charge is 2.62. The van der Waals surface area contributed by atoms with Crippen molar-refractivity contribution in [3.8, 4) is 0 Å². The van der Waals surface area contributed by atoms with E-state index >= 15 is 0 Å². The molecule has 10 heteroatoms. The molecule has 0 radical (unpaired) electrons. The lowest BCUT2D eigenvalue weighted by Crippen LogP contribution is -2.45. The van der Waals surface area contributed by atoms with E-state index in [1.807, 2.05) is 19.0 Å². The molecule has 25 heavy (non-hydrogen) atoms. The third kappa shape index (κ3) is 3.70. The Labute approximate surface area is 147 Å². The number of hydrogen-bond donors (Lipinski definition) is 0. The van der Waals surface area contributed by atoms with E-state index in [2.05, 4.69) is 15.1 Å². The maximum Gasteiger partial charge on any atom is 0.404 e. The Hall–Kier alpha value is -1.52. The summed E-state index contributed by atoms with van der Waals surface area (Å²) >= 11 is 1.53. The molecule has 0 bridgehead atoms. The van der Waals surface area contributed by atoms with E-state index in [4.69, 9.17) is 4.52 Å². The SMILES string of the molecule is Cc1noc(C2(C(F)(F)F)CCN(Cc3ncc(CN(C)C)s3)C2)n1. The average molecular weight is 375 g/mol. The summed E-state index contributed by atoms with van der Waals surface area (Å²) in [6.45, 7) is 2.80. The summed E-state index contributed by atoms with van der Waals surface area (Å²) in [7, 11) is 3.92. The Morgan fingerprint density at radius 3 is 2.76 bits per heavy atom. The van der Waals surface area contributed by atoms with Gasteiger partial charge >= 0.3 is 6.18 Å². The van der Waals surface area contributed by atoms with Gasteiger partial charge in [-0.05, 0) is 27.4 Å². The lowest BCUT2D eigenvalue weighted by atomic mass is 9.86. The van der Waals surface area contributed by atoms with Gasteiger partial charge in [0.1, 0.15) is 5.01 Å². The van der Waals surface area contributed by atoms with Gasteiger partial charge < -0.3 is 9.42 Å². The fourth-order valence-corrected chi connectivity index (χ4v) is 4.12. The molecule has 1 saturated heterocycles. The van der Waals surface area contributed by atoms with E-state index in [9.17, 15) is 13.2 Å². The number of likely N-dealkylation sites (tertiary alicyclic amines) is 1. The number of hydrogen-bond acceptors (Lipinski definition) is 7. The second-order valence-electron chi connectivity index (χ2n) is 6.65. The molecule has 0 amide bonds. The average Bonchev–Trinajstić information content (AvgIpc) is 3.19. The summed E-state index contributed by atoms with van der Waals surface area (Å²) in [6.07, 6.45) is -2.75. The van der Waals surface area contributed by atoms with Crippen molar-refractivity contribution >= 4 is 11.3 Å². The van der Waals surface area contributed by atoms with E-state index in [-0.39, 0.29) is 24.7 Å². The largest absolute Gasteiger partial charge is 0.404 e. The predicted octanol–water partition coefficient (Wildman–Crippen LogP) is 2.60. The summed E-state index contributed by atoms with van der Waals surface area (Å²) in [4.78, 5) is 13.1. The zero-order chi connectivity index (χ0) is 18.2. The van der Waals surface area contributed by atoms with Crippen LogP contribution in [-0.4, -0.2) is 58.3 Å². The van der Waals surface area contributed by atoms with Crippen LogP contribution in [0.25, 0.3) is 0 Å². The normalized spacial score (nSPS) is 22.2. The van der Waals surface area contributed by atoms with E-state index < -0.39 is 11.6 Å². The predicted molar refractivity (Wildman–Crippen MR) is 86.2 cm³/mol. The topological polar surface area (TPSA) is 58.3 Å². The molecule has 3 heterocycles. The summed E-state index contributed by atoms with van der Waals surface area (Å²) in [6, 6.07) is 0. The van der Waals surface area contributed by atoms with Crippen LogP contribution >= 0.6 is 11.3 Å². The molecular formula is C15H20F3N5OS. The molecule has 1 aliphatic rings. The highest BCUT2D eigenvalue weighted by Crippen LogP contribution is 2.47. The maximum absolute atomic E-state index is 13.8. The minimum atomic E-state index is -4.44. The van der Waals surface area contributed by atoms with Gasteiger partial charge in [0.05, 0.1) is 6.54 Å². The molecule has 6 nitrogen and oxygen atoms in total. The third-order valence-electron chi connectivity index (χ3n) is 4.26. The van der Waals surface area contributed by atoms with Crippen LogP contribution < -0.4 is 0 Å². The summed E-state index contributed by atoms with van der Waals surface area (Å²) < 4.78 is 46.3. The molecule has 0 spiro atoms. The van der Waals surface area contributed by atoms with Crippen LogP contribution in [0.4, 0.5) is 13.2 Å². The first-order valence-corrected chi connectivity index (χ1v) is 8.69. The van der Waals surface area contributed by atoms with Gasteiger partial charge in [-0.3, -0.25) is 4.90 Å². The van der Waals surface area contributed by atoms with Crippen molar-refractivity contribution < 1.29 is 17.7 Å². The van der Waals surface area contributed by atoms with Crippen molar-refractivity contribution in [1.29, 1.82) is 0 Å². The van der Waals surface area contributed by atoms with Crippen LogP contribution in [0.1, 0.15) is 28.0 Å². The van der Waals surface area contributed by atoms with E-state index in [1.165, 1.54) is 18.3 Å². The Bertz CT molecular complexity index is 729. The Morgan fingerprint density at radius 2 is 2.16 bits per heavy atom. The van der Waals surface area contributed by atoms with Crippen molar-refractivity contribution in [3.63, 3.8) is 0 Å². The minimum absolute atomic E-state index is 0.0892. The number of nitrogens with zero attached hydrogens (tertiary/aromatic N) is 5. The third-order valence-corrected chi connectivity index (χ3v) is 5.23. The number of rotatable bonds is 5. The van der Waals surface area contributed by atoms with Gasteiger partial charge in [0.15, 0.2) is 11.2 Å². The molecule has 2 aromatic rings. The van der Waals surface area contributed by atoms with Crippen LogP contribution in [0.2, 0.25) is 0 Å². The number of aryl methyl sites for hydroxylation is 1. The molecule has 1 atom stereocenters. The lowest BCUT2D eigenvalue weighted by Gasteiger charge is -2.27. The maximum atomic E-state index is 13.8. The highest BCUT2D eigenvalue weighted by molar-refractivity contribution is 7.11. The van der Waals surface area contributed by atoms with Crippen LogP contribution in [0.3, 0.4) is 0 Å². The summed E-state index contributed by atoms with van der Waals surface area (Å²) in [5.74, 6) is -0.127. The number of aromatic nitrogens is 3. The lowest BCUT2D eigenvalue weighted by molar-refractivity contribution is -0.193. The fourth-order valence-electron chi connectivity index (χ4n) is 3.04. The van der Waals surface area contributed by atoms with E-state index in [0.717, 1.165) is 16.4 Å². The second-order valence-corrected chi connectivity index (χ2v) is 7.85. The molecule has 1 unspecified atom stereocenters. The fraction of sp³-hybridized carbons (Fsp3) is 0.667. The van der Waals surface area contributed by atoms with E-state index in [1.54, 1.807) is 11.1 Å². The second kappa shape index (κ2) is 6.65. The Morgan fingerprint density at radius 1 is 1.40 bits per heavy atom. The number of thiazole rings is 1. The molecule has 0 N–H and O–H groups in total. The summed E-state index contributed by atoms with van der Waals surface area (Å²) in [5, 5.41) is 4.36. The van der Waals surface area contributed by atoms with Crippen LogP contribution in [-0.2, 0) is 18.5 Å². The van der Waals surface area contributed by atoms with Gasteiger partial charge in [-0.15, -0.1) is 11.3 Å². The van der Waals surface area contributed by atoms with Crippen molar-refractivity contribution in [3.05, 3.63) is 27.8 Å². The zero-order valence-electron chi connectivity index (χ0n) is 14.3. The molecule has 3 rings (SSSR count). The van der Waals surface area contributed by atoms with Crippen molar-refractivity contribution in [1.82, 2.24) is 24.9 Å². The summed E-state index contributed by atoms with van der Waals surface area (Å²) in [5.41, 5.74) is -2.10. The van der Waals surface area contributed by atoms with Crippen LogP contribution in [0.5, 0.6) is 0 Å². The van der Waals surface area contributed by atoms with Gasteiger partial charge in [-0.25, -0.2) is 4.98 Å². The molecule has 0 saturated carbocycles. The van der Waals surface area contributed by atoms with Crippen molar-refractivity contribution in [2.45, 2.75) is 38.0 Å². The molecule has 1 fully saturated rings. The minimum Gasteiger partial charge on any atom is -0.338 e. The Kier molecular flexibility index (Phi) is 4.86. The smallest absolute Gasteiger partial charge is 0.338 e. The van der Waals surface area contributed by atoms with E-state index in [0.29, 0.717) is 13.1 Å². The monoisotopic (exact) mass is 375 g/mol. The standard InChI is InChI=1S/C15H20F3N5OS/c1-10-20-13(24-21-10)14(15(16,17)18)4-5-23(9-14)8-12-19-6-11(25-12)7-22(2)3/h6H,4-5,7-9H2,1-3H3. The first-order valence-electron chi connectivity index (χ1n) is 7.88. The van der Waals surface area contributed by atoms with Gasteiger partial charge in [-0.2, -0.15) is 18.2 Å². The molecule has 138 valence electrons. The van der Waals surface area contributed by atoms with Gasteiger partial charge in [0.2, 0.25) is 5.89 Å². The first-order chi connectivity index (χ1) is 11.7. The number of halogens is 3. The van der Waals surface area contributed by atoms with Crippen molar-refractivity contribution in [2.75, 3.05) is 27.2 Å². The highest BCUT2D eigenvalue weighted by atomic mass is 32.1. The molecule has 0 aromatic carbocycles. The van der Waals surface area contributed by atoms with Crippen molar-refractivity contribution in [2.24, 2.45) is 0 Å². The van der Waals surface area contributed by atoms with Crippen LogP contribution in [0.15, 0.2) is 10.7 Å². The molecular weight excluding hydrogens is 355 g/mol. The Balaban J connectivity index is 1.75. The zero-order valence-corrected chi connectivity index (χ0v) is 15.1. The van der Waals surface area contributed by atoms with Gasteiger partial charge in [-0.1, -0.05) is 5.16 Å². The van der Waals surface area contributed by atoms with Gasteiger partial charge in [0.25, 0.3) is 0 Å². The molecule has 2 aromatic heterocycles. The van der Waals surface area contributed by atoms with Crippen LogP contribution in [0, 0.1) is 6.92 Å². The number of alkyl halides is 3.